The van der Waals surface area contributed by atoms with E-state index < -0.39 is 0 Å². The van der Waals surface area contributed by atoms with Gasteiger partial charge >= 0.3 is 0 Å². The van der Waals surface area contributed by atoms with Crippen molar-refractivity contribution in [3.05, 3.63) is 42.0 Å². The Labute approximate surface area is 118 Å². The topological polar surface area (TPSA) is 69.4 Å². The van der Waals surface area contributed by atoms with Crippen molar-refractivity contribution >= 4 is 11.5 Å². The van der Waals surface area contributed by atoms with Crippen molar-refractivity contribution in [2.45, 2.75) is 13.5 Å². The molecule has 20 heavy (non-hydrogen) atoms. The molecule has 0 fully saturated rings. The Balaban J connectivity index is 2.20. The molecule has 1 aromatic heterocycles. The van der Waals surface area contributed by atoms with Crippen LogP contribution in [-0.4, -0.2) is 18.7 Å². The Kier molecular flexibility index (Phi) is 4.79. The maximum Gasteiger partial charge on any atom is 0.214 e. The van der Waals surface area contributed by atoms with Crippen LogP contribution in [0.3, 0.4) is 0 Å². The first-order valence-corrected chi connectivity index (χ1v) is 6.50. The van der Waals surface area contributed by atoms with Crippen LogP contribution in [-0.2, 0) is 6.54 Å². The first kappa shape index (κ1) is 14.1. The Morgan fingerprint density at radius 3 is 2.80 bits per heavy atom. The van der Waals surface area contributed by atoms with Gasteiger partial charge in [0.15, 0.2) is 0 Å². The van der Waals surface area contributed by atoms with Gasteiger partial charge in [0.25, 0.3) is 0 Å². The van der Waals surface area contributed by atoms with E-state index in [0.29, 0.717) is 19.0 Å². The van der Waals surface area contributed by atoms with Gasteiger partial charge in [-0.15, -0.1) is 0 Å². The van der Waals surface area contributed by atoms with E-state index in [-0.39, 0.29) is 0 Å². The molecule has 0 saturated heterocycles. The summed E-state index contributed by atoms with van der Waals surface area (Å²) < 4.78 is 10.6. The largest absolute Gasteiger partial charge is 0.494 e. The summed E-state index contributed by atoms with van der Waals surface area (Å²) in [4.78, 5) is 4.30. The number of hydrogen-bond donors (Lipinski definition) is 2. The maximum absolute atomic E-state index is 5.75. The van der Waals surface area contributed by atoms with Crippen LogP contribution in [0.2, 0.25) is 0 Å². The van der Waals surface area contributed by atoms with Crippen LogP contribution in [0.4, 0.5) is 11.5 Å². The normalized spacial score (nSPS) is 10.2. The van der Waals surface area contributed by atoms with Crippen molar-refractivity contribution < 1.29 is 9.47 Å². The van der Waals surface area contributed by atoms with Crippen molar-refractivity contribution in [3.8, 4) is 11.6 Å². The van der Waals surface area contributed by atoms with Gasteiger partial charge in [0.2, 0.25) is 5.88 Å². The summed E-state index contributed by atoms with van der Waals surface area (Å²) in [5.74, 6) is 2.11. The van der Waals surface area contributed by atoms with Gasteiger partial charge in [-0.3, -0.25) is 0 Å². The maximum atomic E-state index is 5.75. The Morgan fingerprint density at radius 1 is 1.25 bits per heavy atom. The molecule has 0 aliphatic carbocycles. The summed E-state index contributed by atoms with van der Waals surface area (Å²) in [5.41, 5.74) is 7.62. The minimum Gasteiger partial charge on any atom is -0.494 e. The number of anilines is 2. The minimum absolute atomic E-state index is 0.427. The lowest BCUT2D eigenvalue weighted by Gasteiger charge is -2.12. The highest BCUT2D eigenvalue weighted by molar-refractivity contribution is 5.59. The van der Waals surface area contributed by atoms with Crippen LogP contribution in [0.15, 0.2) is 36.4 Å². The molecule has 0 unspecified atom stereocenters. The molecule has 3 N–H and O–H groups in total. The molecule has 2 rings (SSSR count). The van der Waals surface area contributed by atoms with E-state index in [1.807, 2.05) is 37.3 Å². The molecule has 0 aliphatic heterocycles. The van der Waals surface area contributed by atoms with Crippen molar-refractivity contribution in [1.82, 2.24) is 4.98 Å². The molecule has 0 saturated carbocycles. The number of methoxy groups -OCH3 is 1. The van der Waals surface area contributed by atoms with Crippen LogP contribution in [0.5, 0.6) is 11.6 Å². The van der Waals surface area contributed by atoms with E-state index in [2.05, 4.69) is 10.3 Å². The lowest BCUT2D eigenvalue weighted by Crippen LogP contribution is -2.03. The Hall–Kier alpha value is -2.27. The van der Waals surface area contributed by atoms with E-state index in [1.54, 1.807) is 13.2 Å². The molecule has 0 radical (unpaired) electrons. The number of aromatic nitrogens is 1. The van der Waals surface area contributed by atoms with E-state index in [9.17, 15) is 0 Å². The first-order chi connectivity index (χ1) is 9.76. The number of pyridine rings is 1. The van der Waals surface area contributed by atoms with E-state index >= 15 is 0 Å². The van der Waals surface area contributed by atoms with Crippen LogP contribution in [0.25, 0.3) is 0 Å². The highest BCUT2D eigenvalue weighted by atomic mass is 16.5. The fourth-order valence-electron chi connectivity index (χ4n) is 1.86. The molecule has 1 aromatic carbocycles. The van der Waals surface area contributed by atoms with Gasteiger partial charge in [0.05, 0.1) is 13.7 Å². The average Bonchev–Trinajstić information content (AvgIpc) is 2.49. The number of nitrogens with zero attached hydrogens (tertiary/aromatic N) is 1. The highest BCUT2D eigenvalue weighted by Gasteiger charge is 2.05. The van der Waals surface area contributed by atoms with Gasteiger partial charge in [-0.1, -0.05) is 6.07 Å². The van der Waals surface area contributed by atoms with Gasteiger partial charge in [0.1, 0.15) is 11.6 Å². The molecule has 106 valence electrons. The van der Waals surface area contributed by atoms with Crippen molar-refractivity contribution in [3.63, 3.8) is 0 Å². The van der Waals surface area contributed by atoms with Gasteiger partial charge in [-0.2, -0.15) is 4.98 Å². The minimum atomic E-state index is 0.427. The lowest BCUT2D eigenvalue weighted by molar-refractivity contribution is 0.336. The van der Waals surface area contributed by atoms with Crippen LogP contribution >= 0.6 is 0 Å². The summed E-state index contributed by atoms with van der Waals surface area (Å²) in [5, 5.41) is 3.22. The fourth-order valence-corrected chi connectivity index (χ4v) is 1.86. The van der Waals surface area contributed by atoms with Crippen LogP contribution < -0.4 is 20.5 Å². The van der Waals surface area contributed by atoms with E-state index in [0.717, 1.165) is 22.8 Å². The molecule has 0 atom stereocenters. The number of ether oxygens (including phenoxy) is 2. The second-order valence-corrected chi connectivity index (χ2v) is 4.15. The monoisotopic (exact) mass is 273 g/mol. The zero-order chi connectivity index (χ0) is 14.4. The summed E-state index contributed by atoms with van der Waals surface area (Å²) in [6, 6.07) is 11.4. The van der Waals surface area contributed by atoms with Gasteiger partial charge in [-0.25, -0.2) is 0 Å². The zero-order valence-electron chi connectivity index (χ0n) is 11.7. The summed E-state index contributed by atoms with van der Waals surface area (Å²) in [6.07, 6.45) is 0. The molecule has 0 spiro atoms. The van der Waals surface area contributed by atoms with E-state index in [1.165, 1.54) is 0 Å². The number of nitrogens with one attached hydrogen (secondary N) is 1. The summed E-state index contributed by atoms with van der Waals surface area (Å²) >= 11 is 0. The zero-order valence-corrected chi connectivity index (χ0v) is 11.7. The average molecular weight is 273 g/mol. The van der Waals surface area contributed by atoms with Crippen LogP contribution in [0, 0.1) is 0 Å². The third-order valence-corrected chi connectivity index (χ3v) is 2.79. The molecular formula is C15H19N3O2. The quantitative estimate of drug-likeness (QED) is 0.847. The molecule has 5 heteroatoms. The van der Waals surface area contributed by atoms with Crippen molar-refractivity contribution in [2.24, 2.45) is 5.73 Å². The van der Waals surface area contributed by atoms with Gasteiger partial charge in [0, 0.05) is 23.9 Å². The molecule has 0 bridgehead atoms. The molecule has 0 aliphatic rings. The predicted molar refractivity (Wildman–Crippen MR) is 79.6 cm³/mol. The number of nitrogens with two attached hydrogens (primary N) is 1. The number of benzene rings is 1. The SMILES string of the molecule is CCOc1ccc(Nc2cccc(OC)n2)cc1CN. The standard InChI is InChI=1S/C15H19N3O2/c1-3-20-13-8-7-12(9-11(13)10-16)17-14-5-4-6-15(18-14)19-2/h4-9H,3,10,16H2,1-2H3,(H,17,18). The van der Waals surface area contributed by atoms with Crippen molar-refractivity contribution in [2.75, 3.05) is 19.0 Å². The third kappa shape index (κ3) is 3.39. The lowest BCUT2D eigenvalue weighted by atomic mass is 10.1. The summed E-state index contributed by atoms with van der Waals surface area (Å²) in [6.45, 7) is 3.00. The van der Waals surface area contributed by atoms with Crippen LogP contribution in [0.1, 0.15) is 12.5 Å². The highest BCUT2D eigenvalue weighted by Crippen LogP contribution is 2.25. The molecule has 0 amide bonds. The Morgan fingerprint density at radius 2 is 2.10 bits per heavy atom. The smallest absolute Gasteiger partial charge is 0.214 e. The predicted octanol–water partition coefficient (Wildman–Crippen LogP) is 2.69. The van der Waals surface area contributed by atoms with E-state index in [4.69, 9.17) is 15.2 Å². The van der Waals surface area contributed by atoms with Gasteiger partial charge < -0.3 is 20.5 Å². The Bertz CT molecular complexity index is 573. The molecule has 5 nitrogen and oxygen atoms in total. The van der Waals surface area contributed by atoms with Gasteiger partial charge in [-0.05, 0) is 31.2 Å². The number of rotatable bonds is 6. The van der Waals surface area contributed by atoms with Crippen molar-refractivity contribution in [1.29, 1.82) is 0 Å². The molecule has 2 aromatic rings. The fraction of sp³-hybridized carbons (Fsp3) is 0.267. The second kappa shape index (κ2) is 6.77. The first-order valence-electron chi connectivity index (χ1n) is 6.50. The molecular weight excluding hydrogens is 254 g/mol. The number of hydrogen-bond acceptors (Lipinski definition) is 5. The summed E-state index contributed by atoms with van der Waals surface area (Å²) in [7, 11) is 1.59. The third-order valence-electron chi connectivity index (χ3n) is 2.79. The molecule has 1 heterocycles. The second-order valence-electron chi connectivity index (χ2n) is 4.15.